The number of H-pyrrole nitrogens is 1. The predicted molar refractivity (Wildman–Crippen MR) is 89.8 cm³/mol. The molecule has 1 saturated heterocycles. The average Bonchev–Trinajstić information content (AvgIpc) is 2.76. The minimum absolute atomic E-state index is 0.242. The number of aromatic nitrogens is 2. The highest BCUT2D eigenvalue weighted by molar-refractivity contribution is 9.10. The first-order chi connectivity index (χ1) is 10.1. The van der Waals surface area contributed by atoms with Crippen LogP contribution in [0, 0.1) is 10.6 Å². The van der Waals surface area contributed by atoms with Gasteiger partial charge in [-0.1, -0.05) is 6.92 Å². The Morgan fingerprint density at radius 1 is 1.38 bits per heavy atom. The number of likely N-dealkylation sites (tertiary alicyclic amines) is 1. The highest BCUT2D eigenvalue weighted by Gasteiger charge is 2.22. The third-order valence-corrected chi connectivity index (χ3v) is 5.13. The third-order valence-electron chi connectivity index (χ3n) is 4.22. The van der Waals surface area contributed by atoms with E-state index < -0.39 is 0 Å². The number of aromatic amines is 1. The van der Waals surface area contributed by atoms with Crippen molar-refractivity contribution in [1.82, 2.24) is 14.5 Å². The molecule has 0 radical (unpaired) electrons. The fourth-order valence-corrected chi connectivity index (χ4v) is 3.90. The van der Waals surface area contributed by atoms with Crippen molar-refractivity contribution in [3.63, 3.8) is 0 Å². The first-order valence-corrected chi connectivity index (χ1v) is 8.62. The lowest BCUT2D eigenvalue weighted by molar-refractivity contribution is 0.188. The van der Waals surface area contributed by atoms with E-state index in [4.69, 9.17) is 12.2 Å². The van der Waals surface area contributed by atoms with Crippen molar-refractivity contribution < 1.29 is 4.39 Å². The molecule has 1 fully saturated rings. The van der Waals surface area contributed by atoms with E-state index in [2.05, 4.69) is 37.3 Å². The van der Waals surface area contributed by atoms with Crippen LogP contribution in [-0.4, -0.2) is 34.1 Å². The first-order valence-electron chi connectivity index (χ1n) is 7.41. The maximum Gasteiger partial charge on any atom is 0.178 e. The molecule has 0 aliphatic carbocycles. The van der Waals surface area contributed by atoms with E-state index in [1.807, 2.05) is 0 Å². The van der Waals surface area contributed by atoms with Gasteiger partial charge in [-0.3, -0.25) is 0 Å². The van der Waals surface area contributed by atoms with E-state index in [1.165, 1.54) is 6.42 Å². The van der Waals surface area contributed by atoms with Gasteiger partial charge in [0.1, 0.15) is 5.82 Å². The molecule has 114 valence electrons. The van der Waals surface area contributed by atoms with Gasteiger partial charge in [0.15, 0.2) is 4.77 Å². The summed E-state index contributed by atoms with van der Waals surface area (Å²) in [6.45, 7) is 5.55. The predicted octanol–water partition coefficient (Wildman–Crippen LogP) is 4.65. The Bertz CT molecular complexity index is 701. The standard InChI is InChI=1S/C15H19BrFN3S/c1-2-5-19-6-3-10(4-7-19)20-14-9-12(17)11(16)8-13(14)18-15(20)21/h8-10H,2-7H2,1H3,(H,18,21). The molecule has 0 spiro atoms. The van der Waals surface area contributed by atoms with Crippen LogP contribution in [-0.2, 0) is 0 Å². The van der Waals surface area contributed by atoms with E-state index in [-0.39, 0.29) is 5.82 Å². The molecule has 2 aromatic rings. The molecular weight excluding hydrogens is 353 g/mol. The van der Waals surface area contributed by atoms with Gasteiger partial charge in [0.05, 0.1) is 15.5 Å². The van der Waals surface area contributed by atoms with Crippen LogP contribution in [0.5, 0.6) is 0 Å². The highest BCUT2D eigenvalue weighted by atomic mass is 79.9. The topological polar surface area (TPSA) is 24.0 Å². The van der Waals surface area contributed by atoms with Crippen molar-refractivity contribution in [3.05, 3.63) is 27.2 Å². The summed E-state index contributed by atoms with van der Waals surface area (Å²) in [4.78, 5) is 5.69. The fourth-order valence-electron chi connectivity index (χ4n) is 3.20. The van der Waals surface area contributed by atoms with Gasteiger partial charge in [-0.15, -0.1) is 0 Å². The van der Waals surface area contributed by atoms with Gasteiger partial charge >= 0.3 is 0 Å². The van der Waals surface area contributed by atoms with Gasteiger partial charge < -0.3 is 14.5 Å². The van der Waals surface area contributed by atoms with Crippen molar-refractivity contribution in [3.8, 4) is 0 Å². The number of imidazole rings is 1. The molecule has 3 nitrogen and oxygen atoms in total. The summed E-state index contributed by atoms with van der Waals surface area (Å²) >= 11 is 8.68. The van der Waals surface area contributed by atoms with Crippen molar-refractivity contribution in [1.29, 1.82) is 0 Å². The maximum absolute atomic E-state index is 13.9. The van der Waals surface area contributed by atoms with Crippen LogP contribution in [0.25, 0.3) is 11.0 Å². The fraction of sp³-hybridized carbons (Fsp3) is 0.533. The Hall–Kier alpha value is -0.720. The molecule has 6 heteroatoms. The van der Waals surface area contributed by atoms with Crippen LogP contribution in [0.2, 0.25) is 0 Å². The van der Waals surface area contributed by atoms with Crippen LogP contribution in [0.1, 0.15) is 32.2 Å². The summed E-state index contributed by atoms with van der Waals surface area (Å²) in [6.07, 6.45) is 3.33. The van der Waals surface area contributed by atoms with E-state index in [9.17, 15) is 4.39 Å². The number of fused-ring (bicyclic) bond motifs is 1. The first kappa shape index (κ1) is 15.2. The summed E-state index contributed by atoms with van der Waals surface area (Å²) < 4.78 is 17.1. The van der Waals surface area contributed by atoms with Crippen LogP contribution in [0.4, 0.5) is 4.39 Å². The molecule has 3 rings (SSSR count). The molecule has 1 aromatic carbocycles. The van der Waals surface area contributed by atoms with Gasteiger partial charge in [-0.25, -0.2) is 4.39 Å². The molecule has 2 heterocycles. The Balaban J connectivity index is 1.92. The summed E-state index contributed by atoms with van der Waals surface area (Å²) in [5.41, 5.74) is 1.76. The minimum Gasteiger partial charge on any atom is -0.331 e. The molecule has 1 aromatic heterocycles. The quantitative estimate of drug-likeness (QED) is 0.794. The Morgan fingerprint density at radius 3 is 2.76 bits per heavy atom. The van der Waals surface area contributed by atoms with Crippen molar-refractivity contribution in [2.45, 2.75) is 32.2 Å². The largest absolute Gasteiger partial charge is 0.331 e. The zero-order valence-electron chi connectivity index (χ0n) is 12.0. The van der Waals surface area contributed by atoms with E-state index in [0.29, 0.717) is 15.3 Å². The number of rotatable bonds is 3. The van der Waals surface area contributed by atoms with Crippen LogP contribution < -0.4 is 0 Å². The SMILES string of the molecule is CCCN1CCC(n2c(=S)[nH]c3cc(Br)c(F)cc32)CC1. The number of hydrogen-bond acceptors (Lipinski definition) is 2. The molecule has 0 bridgehead atoms. The smallest absolute Gasteiger partial charge is 0.178 e. The van der Waals surface area contributed by atoms with Gasteiger partial charge in [-0.05, 0) is 60.0 Å². The lowest BCUT2D eigenvalue weighted by Gasteiger charge is -2.32. The molecular formula is C15H19BrFN3S. The molecule has 21 heavy (non-hydrogen) atoms. The van der Waals surface area contributed by atoms with Crippen LogP contribution in [0.3, 0.4) is 0 Å². The molecule has 0 saturated carbocycles. The molecule has 1 aliphatic heterocycles. The maximum atomic E-state index is 13.9. The number of nitrogens with one attached hydrogen (secondary N) is 1. The Kier molecular flexibility index (Phi) is 4.47. The van der Waals surface area contributed by atoms with Gasteiger partial charge in [-0.2, -0.15) is 0 Å². The molecule has 1 N–H and O–H groups in total. The zero-order valence-corrected chi connectivity index (χ0v) is 14.4. The highest BCUT2D eigenvalue weighted by Crippen LogP contribution is 2.30. The van der Waals surface area contributed by atoms with Crippen molar-refractivity contribution in [2.75, 3.05) is 19.6 Å². The second-order valence-electron chi connectivity index (χ2n) is 5.66. The van der Waals surface area contributed by atoms with Gasteiger partial charge in [0, 0.05) is 25.2 Å². The Labute approximate surface area is 137 Å². The van der Waals surface area contributed by atoms with Crippen molar-refractivity contribution in [2.24, 2.45) is 0 Å². The Morgan fingerprint density at radius 2 is 2.10 bits per heavy atom. The molecule has 0 amide bonds. The van der Waals surface area contributed by atoms with Crippen LogP contribution in [0.15, 0.2) is 16.6 Å². The van der Waals surface area contributed by atoms with Gasteiger partial charge in [0.2, 0.25) is 0 Å². The number of hydrogen-bond donors (Lipinski definition) is 1. The summed E-state index contributed by atoms with van der Waals surface area (Å²) in [6, 6.07) is 3.70. The molecule has 0 unspecified atom stereocenters. The van der Waals surface area contributed by atoms with Gasteiger partial charge in [0.25, 0.3) is 0 Å². The molecule has 0 atom stereocenters. The minimum atomic E-state index is -0.242. The molecule has 1 aliphatic rings. The van der Waals surface area contributed by atoms with E-state index >= 15 is 0 Å². The number of nitrogens with zero attached hydrogens (tertiary/aromatic N) is 2. The monoisotopic (exact) mass is 371 g/mol. The number of piperidine rings is 1. The second kappa shape index (κ2) is 6.18. The van der Waals surface area contributed by atoms with Crippen LogP contribution >= 0.6 is 28.1 Å². The number of benzene rings is 1. The summed E-state index contributed by atoms with van der Waals surface area (Å²) in [5.74, 6) is -0.242. The lowest BCUT2D eigenvalue weighted by Crippen LogP contribution is -2.35. The van der Waals surface area contributed by atoms with Crippen molar-refractivity contribution >= 4 is 39.2 Å². The lowest BCUT2D eigenvalue weighted by atomic mass is 10.0. The summed E-state index contributed by atoms with van der Waals surface area (Å²) in [5, 5.41) is 0. The summed E-state index contributed by atoms with van der Waals surface area (Å²) in [7, 11) is 0. The average molecular weight is 372 g/mol. The third kappa shape index (κ3) is 2.94. The normalized spacial score (nSPS) is 17.7. The zero-order chi connectivity index (χ0) is 15.0. The van der Waals surface area contributed by atoms with E-state index in [0.717, 1.165) is 43.5 Å². The second-order valence-corrected chi connectivity index (χ2v) is 6.90. The van der Waals surface area contributed by atoms with E-state index in [1.54, 1.807) is 12.1 Å². The number of halogens is 2.